The summed E-state index contributed by atoms with van der Waals surface area (Å²) < 4.78 is 4.98. The summed E-state index contributed by atoms with van der Waals surface area (Å²) in [6.45, 7) is 0. The van der Waals surface area contributed by atoms with E-state index in [1.165, 1.54) is 0 Å². The summed E-state index contributed by atoms with van der Waals surface area (Å²) in [4.78, 5) is 3.04. The van der Waals surface area contributed by atoms with Crippen LogP contribution in [0.25, 0.3) is 10.9 Å². The third-order valence-electron chi connectivity index (χ3n) is 1.77. The number of fused-ring (bicyclic) bond motifs is 1. The van der Waals surface area contributed by atoms with Gasteiger partial charge in [-0.2, -0.15) is 0 Å². The summed E-state index contributed by atoms with van der Waals surface area (Å²) in [5.41, 5.74) is 1.01. The number of benzene rings is 1. The Labute approximate surface area is 70.3 Å². The molecule has 60 valence electrons. The Bertz CT molecular complexity index is 385. The van der Waals surface area contributed by atoms with Gasteiger partial charge in [-0.15, -0.1) is 0 Å². The second kappa shape index (κ2) is 2.91. The van der Waals surface area contributed by atoms with Gasteiger partial charge >= 0.3 is 7.69 Å². The third-order valence-corrected chi connectivity index (χ3v) is 1.77. The second-order valence-corrected chi connectivity index (χ2v) is 2.47. The van der Waals surface area contributed by atoms with Crippen LogP contribution in [0.2, 0.25) is 0 Å². The van der Waals surface area contributed by atoms with Crippen LogP contribution in [0.1, 0.15) is 0 Å². The maximum absolute atomic E-state index is 8.56. The number of hydrogen-bond acceptors (Lipinski definition) is 2. The molecule has 1 heterocycles. The van der Waals surface area contributed by atoms with Gasteiger partial charge in [0.15, 0.2) is 0 Å². The fourth-order valence-corrected chi connectivity index (χ4v) is 1.23. The molecule has 0 amide bonds. The Morgan fingerprint density at radius 1 is 1.33 bits per heavy atom. The average Bonchev–Trinajstić information content (AvgIpc) is 2.50. The predicted molar refractivity (Wildman–Crippen MR) is 48.3 cm³/mol. The molecule has 0 aliphatic carbocycles. The van der Waals surface area contributed by atoms with Crippen molar-refractivity contribution in [1.82, 2.24) is 4.98 Å². The lowest BCUT2D eigenvalue weighted by Gasteiger charge is -1.97. The van der Waals surface area contributed by atoms with Crippen LogP contribution < -0.4 is 4.65 Å². The minimum Gasteiger partial charge on any atom is -0.537 e. The molecule has 1 aromatic heterocycles. The maximum Gasteiger partial charge on any atom is 0.504 e. The van der Waals surface area contributed by atoms with E-state index in [2.05, 4.69) is 4.98 Å². The summed E-state index contributed by atoms with van der Waals surface area (Å²) in [6.07, 6.45) is 1.74. The van der Waals surface area contributed by atoms with Crippen molar-refractivity contribution in [3.8, 4) is 5.75 Å². The van der Waals surface area contributed by atoms with Crippen molar-refractivity contribution in [2.45, 2.75) is 0 Å². The van der Waals surface area contributed by atoms with Crippen molar-refractivity contribution in [3.63, 3.8) is 0 Å². The molecule has 1 aromatic carbocycles. The highest BCUT2D eigenvalue weighted by molar-refractivity contribution is 6.18. The highest BCUT2D eigenvalue weighted by atomic mass is 16.5. The lowest BCUT2D eigenvalue weighted by molar-refractivity contribution is 0.456. The fraction of sp³-hybridized carbons (Fsp3) is 0. The Balaban J connectivity index is 2.55. The van der Waals surface area contributed by atoms with Gasteiger partial charge in [0, 0.05) is 17.1 Å². The zero-order valence-corrected chi connectivity index (χ0v) is 6.45. The lowest BCUT2D eigenvalue weighted by Crippen LogP contribution is -1.98. The minimum atomic E-state index is -0.290. The molecule has 0 aliphatic rings. The summed E-state index contributed by atoms with van der Waals surface area (Å²) >= 11 is 0. The molecule has 12 heavy (non-hydrogen) atoms. The normalized spacial score (nSPS) is 10.1. The van der Waals surface area contributed by atoms with Gasteiger partial charge in [0.2, 0.25) is 0 Å². The fourth-order valence-electron chi connectivity index (χ4n) is 1.23. The third kappa shape index (κ3) is 1.06. The van der Waals surface area contributed by atoms with Crippen LogP contribution in [0, 0.1) is 0 Å². The van der Waals surface area contributed by atoms with Gasteiger partial charge in [-0.05, 0) is 12.1 Å². The molecule has 0 aliphatic heterocycles. The van der Waals surface area contributed by atoms with Crippen LogP contribution in [0.5, 0.6) is 5.75 Å². The molecule has 0 saturated carbocycles. The molecule has 0 bridgehead atoms. The Kier molecular flexibility index (Phi) is 1.76. The molecule has 0 spiro atoms. The number of rotatable bonds is 2. The van der Waals surface area contributed by atoms with Gasteiger partial charge in [0.1, 0.15) is 5.75 Å². The van der Waals surface area contributed by atoms with E-state index < -0.39 is 0 Å². The van der Waals surface area contributed by atoms with Gasteiger partial charge in [0.25, 0.3) is 0 Å². The topological polar surface area (TPSA) is 45.2 Å². The molecule has 0 unspecified atom stereocenters. The molecule has 2 rings (SSSR count). The van der Waals surface area contributed by atoms with E-state index in [0.29, 0.717) is 5.75 Å². The van der Waals surface area contributed by atoms with E-state index in [9.17, 15) is 0 Å². The van der Waals surface area contributed by atoms with E-state index in [1.54, 1.807) is 6.20 Å². The van der Waals surface area contributed by atoms with Crippen LogP contribution in [-0.4, -0.2) is 17.7 Å². The van der Waals surface area contributed by atoms with Crippen molar-refractivity contribution in [3.05, 3.63) is 30.5 Å². The lowest BCUT2D eigenvalue weighted by atomic mass is 10.2. The number of para-hydroxylation sites is 1. The summed E-state index contributed by atoms with van der Waals surface area (Å²) in [5.74, 6) is 0.688. The van der Waals surface area contributed by atoms with Gasteiger partial charge in [-0.1, -0.05) is 12.1 Å². The standard InChI is InChI=1S/C8H8BNO2/c11-9-12-8-5-10-7-4-2-1-3-6(7)8/h1-5,9-11H. The number of aromatic amines is 1. The smallest absolute Gasteiger partial charge is 0.504 e. The highest BCUT2D eigenvalue weighted by Crippen LogP contribution is 2.23. The predicted octanol–water partition coefficient (Wildman–Crippen LogP) is 0.805. The Hall–Kier alpha value is -1.42. The first-order valence-corrected chi connectivity index (χ1v) is 3.71. The molecule has 3 nitrogen and oxygen atoms in total. The zero-order valence-electron chi connectivity index (χ0n) is 6.45. The minimum absolute atomic E-state index is 0.290. The average molecular weight is 161 g/mol. The summed E-state index contributed by atoms with van der Waals surface area (Å²) in [5, 5.41) is 9.55. The summed E-state index contributed by atoms with van der Waals surface area (Å²) in [6, 6.07) is 7.78. The first-order chi connectivity index (χ1) is 5.92. The van der Waals surface area contributed by atoms with Crippen molar-refractivity contribution in [2.75, 3.05) is 0 Å². The van der Waals surface area contributed by atoms with E-state index in [4.69, 9.17) is 9.68 Å². The van der Waals surface area contributed by atoms with Crippen LogP contribution in [0.15, 0.2) is 30.5 Å². The van der Waals surface area contributed by atoms with Crippen molar-refractivity contribution < 1.29 is 9.68 Å². The number of nitrogens with one attached hydrogen (secondary N) is 1. The highest BCUT2D eigenvalue weighted by Gasteiger charge is 2.01. The quantitative estimate of drug-likeness (QED) is 0.640. The maximum atomic E-state index is 8.56. The van der Waals surface area contributed by atoms with E-state index in [0.717, 1.165) is 10.9 Å². The van der Waals surface area contributed by atoms with Gasteiger partial charge in [-0.25, -0.2) is 0 Å². The number of aromatic nitrogens is 1. The first kappa shape index (κ1) is 7.25. The number of hydrogen-bond donors (Lipinski definition) is 2. The Morgan fingerprint density at radius 2 is 2.17 bits per heavy atom. The van der Waals surface area contributed by atoms with E-state index in [-0.39, 0.29) is 7.69 Å². The molecule has 0 saturated heterocycles. The van der Waals surface area contributed by atoms with E-state index >= 15 is 0 Å². The second-order valence-electron chi connectivity index (χ2n) is 2.47. The first-order valence-electron chi connectivity index (χ1n) is 3.71. The van der Waals surface area contributed by atoms with E-state index in [1.807, 2.05) is 24.3 Å². The van der Waals surface area contributed by atoms with Gasteiger partial charge < -0.3 is 14.7 Å². The van der Waals surface area contributed by atoms with Crippen LogP contribution >= 0.6 is 0 Å². The number of H-pyrrole nitrogens is 1. The molecule has 0 atom stereocenters. The molecule has 2 aromatic rings. The molecule has 0 fully saturated rings. The van der Waals surface area contributed by atoms with Crippen molar-refractivity contribution in [2.24, 2.45) is 0 Å². The SMILES string of the molecule is OBOc1c[nH]c2ccccc12. The van der Waals surface area contributed by atoms with Gasteiger partial charge in [0.05, 0.1) is 0 Å². The molecular weight excluding hydrogens is 153 g/mol. The van der Waals surface area contributed by atoms with Crippen molar-refractivity contribution >= 4 is 18.6 Å². The molecule has 2 N–H and O–H groups in total. The molecular formula is C8H8BNO2. The Morgan fingerprint density at radius 3 is 3.00 bits per heavy atom. The van der Waals surface area contributed by atoms with Crippen LogP contribution in [0.4, 0.5) is 0 Å². The van der Waals surface area contributed by atoms with Crippen LogP contribution in [0.3, 0.4) is 0 Å². The van der Waals surface area contributed by atoms with Gasteiger partial charge in [-0.3, -0.25) is 0 Å². The van der Waals surface area contributed by atoms with Crippen molar-refractivity contribution in [1.29, 1.82) is 0 Å². The summed E-state index contributed by atoms with van der Waals surface area (Å²) in [7, 11) is -0.290. The molecule has 0 radical (unpaired) electrons. The molecule has 4 heteroatoms. The largest absolute Gasteiger partial charge is 0.537 e. The van der Waals surface area contributed by atoms with Crippen LogP contribution in [-0.2, 0) is 0 Å². The monoisotopic (exact) mass is 161 g/mol. The zero-order chi connectivity index (χ0) is 8.39.